The van der Waals surface area contributed by atoms with E-state index in [1.165, 1.54) is 0 Å². The maximum atomic E-state index is 11.3. The minimum absolute atomic E-state index is 0.301. The van der Waals surface area contributed by atoms with Gasteiger partial charge in [0.05, 0.1) is 12.9 Å². The van der Waals surface area contributed by atoms with Crippen molar-refractivity contribution in [2.75, 3.05) is 5.73 Å². The number of rotatable bonds is 5. The van der Waals surface area contributed by atoms with Crippen LogP contribution >= 0.6 is 0 Å². The second kappa shape index (κ2) is 6.29. The van der Waals surface area contributed by atoms with Crippen LogP contribution in [-0.2, 0) is 30.4 Å². The Balaban J connectivity index is 1.97. The molecule has 1 atom stereocenters. The van der Waals surface area contributed by atoms with E-state index < -0.39 is 0 Å². The molecular formula is C16H16N5OS-. The summed E-state index contributed by atoms with van der Waals surface area (Å²) < 4.78 is 1.92. The van der Waals surface area contributed by atoms with Gasteiger partial charge >= 0.3 is 0 Å². The molecule has 3 aromatic rings. The Kier molecular flexibility index (Phi) is 4.20. The van der Waals surface area contributed by atoms with Gasteiger partial charge in [-0.2, -0.15) is 0 Å². The number of anilines is 1. The number of nitrogen functional groups attached to an aromatic ring is 1. The van der Waals surface area contributed by atoms with Gasteiger partial charge in [0.15, 0.2) is 11.5 Å². The van der Waals surface area contributed by atoms with Crippen molar-refractivity contribution in [3.63, 3.8) is 0 Å². The van der Waals surface area contributed by atoms with Gasteiger partial charge in [-0.15, -0.1) is 0 Å². The Morgan fingerprint density at radius 3 is 2.74 bits per heavy atom. The zero-order chi connectivity index (χ0) is 16.4. The number of carbonyl (C=O) groups is 1. The van der Waals surface area contributed by atoms with E-state index in [1.807, 2.05) is 34.9 Å². The molecule has 2 aromatic heterocycles. The fraction of sp³-hybridized carbons (Fsp3) is 0.250. The van der Waals surface area contributed by atoms with Crippen molar-refractivity contribution in [3.8, 4) is 0 Å². The molecule has 0 aliphatic carbocycles. The van der Waals surface area contributed by atoms with Gasteiger partial charge in [-0.05, 0) is 11.5 Å². The van der Waals surface area contributed by atoms with Gasteiger partial charge in [0.25, 0.3) is 0 Å². The molecule has 6 nitrogen and oxygen atoms in total. The summed E-state index contributed by atoms with van der Waals surface area (Å²) in [5.74, 6) is 0.517. The van der Waals surface area contributed by atoms with Crippen LogP contribution in [0.15, 0.2) is 36.7 Å². The molecule has 0 radical (unpaired) electrons. The summed E-state index contributed by atoms with van der Waals surface area (Å²) in [4.78, 5) is 24.3. The number of imidazole rings is 1. The number of carbonyl (C=O) groups excluding carboxylic acids is 1. The lowest BCUT2D eigenvalue weighted by molar-refractivity contribution is -0.113. The molecule has 2 heterocycles. The van der Waals surface area contributed by atoms with Crippen LogP contribution in [0.1, 0.15) is 18.3 Å². The number of nitrogens with zero attached hydrogens (tertiary/aromatic N) is 4. The first-order chi connectivity index (χ1) is 11.0. The average molecular weight is 326 g/mol. The molecule has 0 fully saturated rings. The van der Waals surface area contributed by atoms with E-state index in [-0.39, 0.29) is 11.0 Å². The second-order valence-electron chi connectivity index (χ2n) is 5.48. The Labute approximate surface area is 139 Å². The van der Waals surface area contributed by atoms with Crippen LogP contribution in [0.25, 0.3) is 11.2 Å². The third kappa shape index (κ3) is 3.29. The summed E-state index contributed by atoms with van der Waals surface area (Å²) in [5, 5.41) is -0.301. The summed E-state index contributed by atoms with van der Waals surface area (Å²) in [7, 11) is 0. The molecule has 3 rings (SSSR count). The highest BCUT2D eigenvalue weighted by molar-refractivity contribution is 7.77. The van der Waals surface area contributed by atoms with E-state index in [9.17, 15) is 4.79 Å². The number of fused-ring (bicyclic) bond motifs is 1. The van der Waals surface area contributed by atoms with Crippen LogP contribution in [0, 0.1) is 5.92 Å². The van der Waals surface area contributed by atoms with E-state index in [4.69, 9.17) is 5.73 Å². The molecular weight excluding hydrogens is 310 g/mol. The van der Waals surface area contributed by atoms with E-state index in [2.05, 4.69) is 27.6 Å². The third-order valence-electron chi connectivity index (χ3n) is 3.62. The minimum atomic E-state index is -0.313. The van der Waals surface area contributed by atoms with Gasteiger partial charge in [0.1, 0.15) is 11.3 Å². The van der Waals surface area contributed by atoms with Gasteiger partial charge < -0.3 is 27.7 Å². The van der Waals surface area contributed by atoms with Crippen molar-refractivity contribution in [1.82, 2.24) is 19.5 Å². The molecule has 0 spiro atoms. The van der Waals surface area contributed by atoms with Crippen LogP contribution in [-0.4, -0.2) is 24.6 Å². The van der Waals surface area contributed by atoms with Gasteiger partial charge in [-0.25, -0.2) is 15.0 Å². The lowest BCUT2D eigenvalue weighted by Crippen LogP contribution is -2.13. The highest BCUT2D eigenvalue weighted by atomic mass is 32.1. The summed E-state index contributed by atoms with van der Waals surface area (Å²) in [5.41, 5.74) is 8.35. The van der Waals surface area contributed by atoms with Crippen molar-refractivity contribution < 1.29 is 4.79 Å². The van der Waals surface area contributed by atoms with Crippen LogP contribution < -0.4 is 5.73 Å². The largest absolute Gasteiger partial charge is 0.742 e. The molecule has 1 unspecified atom stereocenters. The fourth-order valence-electron chi connectivity index (χ4n) is 2.36. The maximum absolute atomic E-state index is 11.3. The summed E-state index contributed by atoms with van der Waals surface area (Å²) in [6, 6.07) is 10.0. The second-order valence-corrected chi connectivity index (χ2v) is 5.88. The number of aromatic nitrogens is 4. The Bertz CT molecular complexity index is 846. The van der Waals surface area contributed by atoms with Gasteiger partial charge in [0.2, 0.25) is 0 Å². The predicted octanol–water partition coefficient (Wildman–Crippen LogP) is 1.71. The minimum Gasteiger partial charge on any atom is -0.742 e. The topological polar surface area (TPSA) is 86.7 Å². The number of hydrogen-bond donors (Lipinski definition) is 1. The van der Waals surface area contributed by atoms with E-state index in [0.29, 0.717) is 35.8 Å². The van der Waals surface area contributed by atoms with Crippen LogP contribution in [0.4, 0.5) is 5.82 Å². The molecule has 7 heteroatoms. The molecule has 0 amide bonds. The molecule has 1 aromatic carbocycles. The lowest BCUT2D eigenvalue weighted by atomic mass is 10.1. The summed E-state index contributed by atoms with van der Waals surface area (Å²) in [6.07, 6.45) is 2.08. The number of benzene rings is 1. The molecule has 0 bridgehead atoms. The molecule has 2 N–H and O–H groups in total. The first-order valence-corrected chi connectivity index (χ1v) is 7.67. The molecule has 118 valence electrons. The zero-order valence-corrected chi connectivity index (χ0v) is 13.5. The molecule has 0 aliphatic rings. The maximum Gasteiger partial charge on any atom is 0.166 e. The lowest BCUT2D eigenvalue weighted by Gasteiger charge is -2.13. The summed E-state index contributed by atoms with van der Waals surface area (Å²) >= 11 is 4.68. The summed E-state index contributed by atoms with van der Waals surface area (Å²) in [6.45, 7) is 2.41. The first kappa shape index (κ1) is 15.4. The Hall–Kier alpha value is -2.54. The fourth-order valence-corrected chi connectivity index (χ4v) is 2.44. The van der Waals surface area contributed by atoms with Crippen LogP contribution in [0.5, 0.6) is 0 Å². The van der Waals surface area contributed by atoms with Gasteiger partial charge in [-0.3, -0.25) is 0 Å². The standard InChI is InChI=1S/C16H17N5OS/c1-10(16(22)23)7-12-19-14(17)13-15(20-12)21(9-18-13)8-11-5-3-2-4-6-11/h2-6,9-10H,7-8H2,1H3,(H,22,23)(H2,17,19,20)/p-1. The molecule has 23 heavy (non-hydrogen) atoms. The van der Waals surface area contributed by atoms with E-state index in [0.717, 1.165) is 5.56 Å². The van der Waals surface area contributed by atoms with Crippen molar-refractivity contribution in [2.24, 2.45) is 5.92 Å². The highest BCUT2D eigenvalue weighted by Gasteiger charge is 2.14. The molecule has 0 aliphatic heterocycles. The van der Waals surface area contributed by atoms with Crippen LogP contribution in [0.3, 0.4) is 0 Å². The van der Waals surface area contributed by atoms with Gasteiger partial charge in [0, 0.05) is 11.5 Å². The van der Waals surface area contributed by atoms with Crippen molar-refractivity contribution in [1.29, 1.82) is 0 Å². The van der Waals surface area contributed by atoms with Gasteiger partial charge in [-0.1, -0.05) is 37.3 Å². The highest BCUT2D eigenvalue weighted by Crippen LogP contribution is 2.19. The van der Waals surface area contributed by atoms with E-state index >= 15 is 0 Å². The quantitative estimate of drug-likeness (QED) is 0.718. The predicted molar refractivity (Wildman–Crippen MR) is 90.5 cm³/mol. The van der Waals surface area contributed by atoms with Crippen LogP contribution in [0.2, 0.25) is 0 Å². The number of nitrogens with two attached hydrogens (primary N) is 1. The van der Waals surface area contributed by atoms with E-state index in [1.54, 1.807) is 13.3 Å². The van der Waals surface area contributed by atoms with Crippen molar-refractivity contribution in [2.45, 2.75) is 19.9 Å². The smallest absolute Gasteiger partial charge is 0.166 e. The number of hydrogen-bond acceptors (Lipinski definition) is 6. The first-order valence-electron chi connectivity index (χ1n) is 7.26. The normalized spacial score (nSPS) is 12.4. The Morgan fingerprint density at radius 2 is 2.04 bits per heavy atom. The average Bonchev–Trinajstić information content (AvgIpc) is 2.92. The van der Waals surface area contributed by atoms with Crippen molar-refractivity contribution >= 4 is 34.7 Å². The molecule has 0 saturated heterocycles. The molecule has 0 saturated carbocycles. The Morgan fingerprint density at radius 1 is 1.30 bits per heavy atom. The SMILES string of the molecule is CC(Cc1nc(N)c2ncn(Cc3ccccc3)c2n1)C(=O)[S-]. The zero-order valence-electron chi connectivity index (χ0n) is 12.6. The monoisotopic (exact) mass is 326 g/mol. The van der Waals surface area contributed by atoms with Crippen molar-refractivity contribution in [3.05, 3.63) is 48.0 Å². The third-order valence-corrected chi connectivity index (χ3v) is 4.03.